The van der Waals surface area contributed by atoms with E-state index < -0.39 is 5.97 Å². The van der Waals surface area contributed by atoms with Crippen LogP contribution in [0.15, 0.2) is 36.4 Å². The predicted molar refractivity (Wildman–Crippen MR) is 154 cm³/mol. The van der Waals surface area contributed by atoms with Crippen LogP contribution in [0.4, 0.5) is 5.69 Å². The van der Waals surface area contributed by atoms with E-state index in [1.165, 1.54) is 11.1 Å². The summed E-state index contributed by atoms with van der Waals surface area (Å²) in [7, 11) is 0. The number of anilines is 1. The van der Waals surface area contributed by atoms with Gasteiger partial charge in [-0.15, -0.1) is 0 Å². The summed E-state index contributed by atoms with van der Waals surface area (Å²) in [6, 6.07) is 11.5. The summed E-state index contributed by atoms with van der Waals surface area (Å²) < 4.78 is 18.9. The minimum atomic E-state index is -0.931. The zero-order chi connectivity index (χ0) is 27.9. The summed E-state index contributed by atoms with van der Waals surface area (Å²) in [5.74, 6) is 0.683. The number of halogens is 1. The fourth-order valence-electron chi connectivity index (χ4n) is 7.43. The molecule has 2 fully saturated rings. The Kier molecular flexibility index (Phi) is 8.01. The summed E-state index contributed by atoms with van der Waals surface area (Å²) in [5, 5.41) is 20.0. The van der Waals surface area contributed by atoms with Crippen LogP contribution in [-0.4, -0.2) is 67.4 Å². The maximum Gasteiger partial charge on any atom is 0.335 e. The lowest BCUT2D eigenvalue weighted by molar-refractivity contribution is -0.134. The van der Waals surface area contributed by atoms with Gasteiger partial charge in [0.2, 0.25) is 0 Å². The van der Waals surface area contributed by atoms with Crippen LogP contribution in [0.1, 0.15) is 66.9 Å². The second kappa shape index (κ2) is 11.5. The number of benzene rings is 2. The first-order valence-corrected chi connectivity index (χ1v) is 15.1. The summed E-state index contributed by atoms with van der Waals surface area (Å²) in [4.78, 5) is 14.3. The molecule has 2 heterocycles. The SMILES string of the molecule is C[C@H](CO)O[C@H]1CCO[C@@H]([C@@H]2CC[C@H]2CN2CC3(CCCc4cc(Cl)ccc43)COc3ccc(C(=O)O)cc32)C1. The fraction of sp³-hybridized carbons (Fsp3) is 0.594. The van der Waals surface area contributed by atoms with Crippen molar-refractivity contribution in [1.82, 2.24) is 0 Å². The number of carboxylic acid groups (broad SMARTS) is 1. The van der Waals surface area contributed by atoms with Crippen LogP contribution in [0.5, 0.6) is 5.75 Å². The molecule has 1 unspecified atom stereocenters. The van der Waals surface area contributed by atoms with Crippen molar-refractivity contribution in [3.63, 3.8) is 0 Å². The third-order valence-electron chi connectivity index (χ3n) is 9.64. The van der Waals surface area contributed by atoms with E-state index in [1.807, 2.05) is 19.1 Å². The zero-order valence-corrected chi connectivity index (χ0v) is 23.9. The van der Waals surface area contributed by atoms with Crippen LogP contribution in [0.3, 0.4) is 0 Å². The molecule has 2 N–H and O–H groups in total. The average Bonchev–Trinajstić information content (AvgIpc) is 3.08. The van der Waals surface area contributed by atoms with Crippen LogP contribution < -0.4 is 9.64 Å². The van der Waals surface area contributed by atoms with Crippen molar-refractivity contribution in [2.75, 3.05) is 37.8 Å². The van der Waals surface area contributed by atoms with Crippen molar-refractivity contribution >= 4 is 23.3 Å². The maximum absolute atomic E-state index is 11.9. The highest BCUT2D eigenvalue weighted by Crippen LogP contribution is 2.47. The molecule has 0 aromatic heterocycles. The van der Waals surface area contributed by atoms with Crippen LogP contribution in [-0.2, 0) is 21.3 Å². The van der Waals surface area contributed by atoms with E-state index in [9.17, 15) is 15.0 Å². The smallest absolute Gasteiger partial charge is 0.335 e. The van der Waals surface area contributed by atoms with E-state index in [4.69, 9.17) is 25.8 Å². The number of aryl methyl sites for hydroxylation is 1. The van der Waals surface area contributed by atoms with Gasteiger partial charge in [0, 0.05) is 36.6 Å². The predicted octanol–water partition coefficient (Wildman–Crippen LogP) is 5.48. The molecule has 1 saturated heterocycles. The van der Waals surface area contributed by atoms with Gasteiger partial charge in [0.05, 0.1) is 42.8 Å². The highest BCUT2D eigenvalue weighted by molar-refractivity contribution is 6.30. The molecule has 4 aliphatic rings. The number of aromatic carboxylic acids is 1. The second-order valence-corrected chi connectivity index (χ2v) is 12.7. The topological polar surface area (TPSA) is 88.5 Å². The average molecular weight is 570 g/mol. The molecule has 6 atom stereocenters. The Morgan fingerprint density at radius 3 is 2.88 bits per heavy atom. The van der Waals surface area contributed by atoms with Crippen molar-refractivity contribution in [3.05, 3.63) is 58.1 Å². The van der Waals surface area contributed by atoms with E-state index in [0.717, 1.165) is 74.5 Å². The molecule has 40 heavy (non-hydrogen) atoms. The number of fused-ring (bicyclic) bond motifs is 3. The van der Waals surface area contributed by atoms with Crippen LogP contribution in [0, 0.1) is 11.8 Å². The van der Waals surface area contributed by atoms with E-state index in [-0.39, 0.29) is 35.9 Å². The Bertz CT molecular complexity index is 1240. The normalized spacial score (nSPS) is 30.4. The molecule has 216 valence electrons. The standard InChI is InChI=1S/C32H40ClNO6/c1-20(17-35)40-25-10-12-38-30(15-25)26-7-4-23(26)16-34-18-32(11-2-3-21-13-24(33)6-8-27(21)32)19-39-29-9-5-22(31(36)37)14-28(29)34/h5-6,8-9,13-14,20,23,25-26,30,35H,2-4,7,10-12,15-19H2,1H3,(H,36,37)/t20-,23+,25+,26-,30-,32?/m1/s1. The molecule has 7 nitrogen and oxygen atoms in total. The van der Waals surface area contributed by atoms with Gasteiger partial charge >= 0.3 is 5.97 Å². The van der Waals surface area contributed by atoms with Crippen LogP contribution in [0.25, 0.3) is 0 Å². The number of hydrogen-bond donors (Lipinski definition) is 2. The Hall–Kier alpha value is -2.32. The lowest BCUT2D eigenvalue weighted by atomic mass is 9.67. The van der Waals surface area contributed by atoms with Gasteiger partial charge < -0.3 is 29.3 Å². The van der Waals surface area contributed by atoms with Crippen LogP contribution >= 0.6 is 11.6 Å². The maximum atomic E-state index is 11.9. The van der Waals surface area contributed by atoms with Crippen molar-refractivity contribution < 1.29 is 29.2 Å². The number of aliphatic hydroxyl groups excluding tert-OH is 1. The number of carboxylic acids is 1. The minimum Gasteiger partial charge on any atom is -0.490 e. The number of ether oxygens (including phenoxy) is 3. The Labute approximate surface area is 241 Å². The Morgan fingerprint density at radius 1 is 1.23 bits per heavy atom. The number of aliphatic hydroxyl groups is 1. The molecular formula is C32H40ClNO6. The monoisotopic (exact) mass is 569 g/mol. The van der Waals surface area contributed by atoms with Gasteiger partial charge in [-0.3, -0.25) is 0 Å². The Balaban J connectivity index is 1.28. The molecule has 0 bridgehead atoms. The highest BCUT2D eigenvalue weighted by Gasteiger charge is 2.45. The largest absolute Gasteiger partial charge is 0.490 e. The third-order valence-corrected chi connectivity index (χ3v) is 9.88. The van der Waals surface area contributed by atoms with Gasteiger partial charge in [0.25, 0.3) is 0 Å². The van der Waals surface area contributed by atoms with Gasteiger partial charge in [-0.2, -0.15) is 0 Å². The zero-order valence-electron chi connectivity index (χ0n) is 23.2. The van der Waals surface area contributed by atoms with E-state index in [2.05, 4.69) is 17.0 Å². The van der Waals surface area contributed by atoms with E-state index in [1.54, 1.807) is 12.1 Å². The molecule has 2 aromatic carbocycles. The molecule has 8 heteroatoms. The molecular weight excluding hydrogens is 530 g/mol. The second-order valence-electron chi connectivity index (χ2n) is 12.3. The van der Waals surface area contributed by atoms with Crippen molar-refractivity contribution in [1.29, 1.82) is 0 Å². The minimum absolute atomic E-state index is 0.0277. The van der Waals surface area contributed by atoms with Gasteiger partial charge in [0.15, 0.2) is 0 Å². The Morgan fingerprint density at radius 2 is 2.10 bits per heavy atom. The molecule has 1 saturated carbocycles. The highest BCUT2D eigenvalue weighted by atomic mass is 35.5. The lowest BCUT2D eigenvalue weighted by Crippen LogP contribution is -2.51. The first kappa shape index (κ1) is 27.8. The molecule has 2 aliphatic heterocycles. The molecule has 6 rings (SSSR count). The number of carbonyl (C=O) groups is 1. The van der Waals surface area contributed by atoms with Crippen molar-refractivity contribution in [2.45, 2.75) is 75.6 Å². The van der Waals surface area contributed by atoms with E-state index in [0.29, 0.717) is 25.0 Å². The van der Waals surface area contributed by atoms with E-state index >= 15 is 0 Å². The summed E-state index contributed by atoms with van der Waals surface area (Å²) in [6.07, 6.45) is 7.13. The first-order valence-electron chi connectivity index (χ1n) is 14.8. The van der Waals surface area contributed by atoms with Gasteiger partial charge in [0.1, 0.15) is 5.75 Å². The number of hydrogen-bond acceptors (Lipinski definition) is 6. The molecule has 2 aliphatic carbocycles. The summed E-state index contributed by atoms with van der Waals surface area (Å²) in [5.41, 5.74) is 3.54. The molecule has 0 amide bonds. The quantitative estimate of drug-likeness (QED) is 0.456. The summed E-state index contributed by atoms with van der Waals surface area (Å²) in [6.45, 7) is 4.77. The first-order chi connectivity index (χ1) is 19.3. The lowest BCUT2D eigenvalue weighted by Gasteiger charge is -2.48. The summed E-state index contributed by atoms with van der Waals surface area (Å²) >= 11 is 6.39. The van der Waals surface area contributed by atoms with Gasteiger partial charge in [-0.25, -0.2) is 4.79 Å². The molecule has 1 spiro atoms. The third kappa shape index (κ3) is 5.46. The fourth-order valence-corrected chi connectivity index (χ4v) is 7.63. The number of rotatable bonds is 7. The molecule has 2 aromatic rings. The van der Waals surface area contributed by atoms with Crippen molar-refractivity contribution in [3.8, 4) is 5.75 Å². The molecule has 0 radical (unpaired) electrons. The van der Waals surface area contributed by atoms with Gasteiger partial charge in [-0.1, -0.05) is 17.7 Å². The number of nitrogens with zero attached hydrogens (tertiary/aromatic N) is 1. The van der Waals surface area contributed by atoms with Crippen molar-refractivity contribution in [2.24, 2.45) is 11.8 Å². The van der Waals surface area contributed by atoms with Crippen LogP contribution in [0.2, 0.25) is 5.02 Å². The van der Waals surface area contributed by atoms with Gasteiger partial charge in [-0.05, 0) is 98.7 Å².